The number of aryl methyl sites for hydroxylation is 1. The van der Waals surface area contributed by atoms with E-state index >= 15 is 0 Å². The van der Waals surface area contributed by atoms with Gasteiger partial charge < -0.3 is 10.3 Å². The van der Waals surface area contributed by atoms with E-state index < -0.39 is 0 Å². The van der Waals surface area contributed by atoms with E-state index in [-0.39, 0.29) is 11.9 Å². The average molecular weight is 305 g/mol. The van der Waals surface area contributed by atoms with Crippen molar-refractivity contribution < 1.29 is 4.79 Å². The highest BCUT2D eigenvalue weighted by Gasteiger charge is 2.25. The van der Waals surface area contributed by atoms with Crippen molar-refractivity contribution in [2.24, 2.45) is 5.92 Å². The van der Waals surface area contributed by atoms with Gasteiger partial charge >= 0.3 is 0 Å². The zero-order valence-corrected chi connectivity index (χ0v) is 13.3. The van der Waals surface area contributed by atoms with Gasteiger partial charge in [0.05, 0.1) is 6.04 Å². The molecule has 1 heterocycles. The second-order valence-corrected chi connectivity index (χ2v) is 6.75. The standard InChI is InChI=1S/C17H21ClN2O/c1-10(2)8-16(21)19-15-5-3-4-12-13-9-11(18)6-7-14(13)20-17(12)15/h6-7,9-10,15,20H,3-5,8H2,1-2H3,(H,19,21)/t15-/m0/s1. The summed E-state index contributed by atoms with van der Waals surface area (Å²) in [5.41, 5.74) is 3.58. The number of aromatic amines is 1. The molecular formula is C17H21ClN2O. The molecule has 0 fully saturated rings. The van der Waals surface area contributed by atoms with Gasteiger partial charge in [-0.05, 0) is 48.9 Å². The quantitative estimate of drug-likeness (QED) is 0.869. The minimum Gasteiger partial charge on any atom is -0.356 e. The van der Waals surface area contributed by atoms with Crippen LogP contribution in [0.4, 0.5) is 0 Å². The Kier molecular flexibility index (Phi) is 3.94. The van der Waals surface area contributed by atoms with Crippen molar-refractivity contribution in [1.29, 1.82) is 0 Å². The van der Waals surface area contributed by atoms with Gasteiger partial charge in [-0.25, -0.2) is 0 Å². The maximum atomic E-state index is 12.1. The second kappa shape index (κ2) is 5.72. The van der Waals surface area contributed by atoms with Crippen LogP contribution in [0, 0.1) is 5.92 Å². The van der Waals surface area contributed by atoms with E-state index in [4.69, 9.17) is 11.6 Å². The zero-order valence-electron chi connectivity index (χ0n) is 12.5. The smallest absolute Gasteiger partial charge is 0.220 e. The lowest BCUT2D eigenvalue weighted by Crippen LogP contribution is -2.31. The fraction of sp³-hybridized carbons (Fsp3) is 0.471. The van der Waals surface area contributed by atoms with Crippen LogP contribution in [0.1, 0.15) is 50.4 Å². The Balaban J connectivity index is 1.91. The van der Waals surface area contributed by atoms with Crippen molar-refractivity contribution in [3.8, 4) is 0 Å². The van der Waals surface area contributed by atoms with Crippen molar-refractivity contribution in [3.05, 3.63) is 34.5 Å². The second-order valence-electron chi connectivity index (χ2n) is 6.32. The fourth-order valence-corrected chi connectivity index (χ4v) is 3.38. The molecule has 2 aromatic rings. The van der Waals surface area contributed by atoms with Crippen LogP contribution in [0.25, 0.3) is 10.9 Å². The number of nitrogens with one attached hydrogen (secondary N) is 2. The average Bonchev–Trinajstić information content (AvgIpc) is 2.77. The van der Waals surface area contributed by atoms with Crippen LogP contribution in [0.15, 0.2) is 18.2 Å². The molecule has 0 aliphatic heterocycles. The molecule has 0 radical (unpaired) electrons. The van der Waals surface area contributed by atoms with Crippen LogP contribution in [-0.4, -0.2) is 10.9 Å². The number of benzene rings is 1. The summed E-state index contributed by atoms with van der Waals surface area (Å²) in [6.07, 6.45) is 3.72. The lowest BCUT2D eigenvalue weighted by molar-refractivity contribution is -0.122. The van der Waals surface area contributed by atoms with Crippen molar-refractivity contribution in [2.75, 3.05) is 0 Å². The zero-order chi connectivity index (χ0) is 15.0. The summed E-state index contributed by atoms with van der Waals surface area (Å²) >= 11 is 6.11. The predicted octanol–water partition coefficient (Wildman–Crippen LogP) is 4.36. The first-order valence-corrected chi connectivity index (χ1v) is 8.01. The molecule has 0 unspecified atom stereocenters. The first kappa shape index (κ1) is 14.5. The third kappa shape index (κ3) is 2.93. The molecule has 0 saturated carbocycles. The predicted molar refractivity (Wildman–Crippen MR) is 86.6 cm³/mol. The summed E-state index contributed by atoms with van der Waals surface area (Å²) in [5, 5.41) is 5.13. The number of carbonyl (C=O) groups excluding carboxylic acids is 1. The maximum absolute atomic E-state index is 12.1. The SMILES string of the molecule is CC(C)CC(=O)N[C@H]1CCCc2c1[nH]c1ccc(Cl)cc21. The van der Waals surface area contributed by atoms with E-state index in [0.717, 1.165) is 35.5 Å². The number of carbonyl (C=O) groups is 1. The molecule has 0 saturated heterocycles. The molecule has 1 aliphatic carbocycles. The highest BCUT2D eigenvalue weighted by Crippen LogP contribution is 2.35. The lowest BCUT2D eigenvalue weighted by atomic mass is 9.91. The summed E-state index contributed by atoms with van der Waals surface area (Å²) in [7, 11) is 0. The van der Waals surface area contributed by atoms with E-state index in [1.807, 2.05) is 18.2 Å². The number of rotatable bonds is 3. The van der Waals surface area contributed by atoms with E-state index in [2.05, 4.69) is 24.1 Å². The van der Waals surface area contributed by atoms with Crippen LogP contribution >= 0.6 is 11.6 Å². The molecule has 1 aromatic heterocycles. The van der Waals surface area contributed by atoms with Gasteiger partial charge in [0, 0.05) is 28.0 Å². The molecule has 1 aliphatic rings. The topological polar surface area (TPSA) is 44.9 Å². The van der Waals surface area contributed by atoms with Gasteiger partial charge in [-0.15, -0.1) is 0 Å². The van der Waals surface area contributed by atoms with E-state index in [1.165, 1.54) is 10.9 Å². The van der Waals surface area contributed by atoms with Gasteiger partial charge in [0.25, 0.3) is 0 Å². The molecule has 1 aromatic carbocycles. The minimum absolute atomic E-state index is 0.103. The fourth-order valence-electron chi connectivity index (χ4n) is 3.20. The summed E-state index contributed by atoms with van der Waals surface area (Å²) in [4.78, 5) is 15.5. The Morgan fingerprint density at radius 3 is 3.05 bits per heavy atom. The molecule has 4 heteroatoms. The van der Waals surface area contributed by atoms with Crippen molar-refractivity contribution in [1.82, 2.24) is 10.3 Å². The highest BCUT2D eigenvalue weighted by molar-refractivity contribution is 6.31. The van der Waals surface area contributed by atoms with Gasteiger partial charge in [-0.2, -0.15) is 0 Å². The summed E-state index contributed by atoms with van der Waals surface area (Å²) < 4.78 is 0. The van der Waals surface area contributed by atoms with Gasteiger partial charge in [0.2, 0.25) is 5.91 Å². The first-order valence-electron chi connectivity index (χ1n) is 7.64. The van der Waals surface area contributed by atoms with E-state index in [0.29, 0.717) is 12.3 Å². The number of fused-ring (bicyclic) bond motifs is 3. The molecule has 112 valence electrons. The number of H-pyrrole nitrogens is 1. The third-order valence-corrected chi connectivity index (χ3v) is 4.33. The molecule has 1 atom stereocenters. The summed E-state index contributed by atoms with van der Waals surface area (Å²) in [6, 6.07) is 6.04. The summed E-state index contributed by atoms with van der Waals surface area (Å²) in [5.74, 6) is 0.522. The minimum atomic E-state index is 0.103. The normalized spacial score (nSPS) is 18.0. The monoisotopic (exact) mass is 304 g/mol. The Hall–Kier alpha value is -1.48. The van der Waals surface area contributed by atoms with Gasteiger partial charge in [0.15, 0.2) is 0 Å². The number of amides is 1. The Bertz CT molecular complexity index is 675. The molecule has 2 N–H and O–H groups in total. The molecule has 0 bridgehead atoms. The lowest BCUT2D eigenvalue weighted by Gasteiger charge is -2.24. The van der Waals surface area contributed by atoms with Gasteiger partial charge in [-0.3, -0.25) is 4.79 Å². The number of aromatic nitrogens is 1. The number of hydrogen-bond donors (Lipinski definition) is 2. The Labute approximate surface area is 130 Å². The van der Waals surface area contributed by atoms with Crippen molar-refractivity contribution >= 4 is 28.4 Å². The molecule has 21 heavy (non-hydrogen) atoms. The summed E-state index contributed by atoms with van der Waals surface area (Å²) in [6.45, 7) is 4.13. The van der Waals surface area contributed by atoms with Crippen LogP contribution in [0.2, 0.25) is 5.02 Å². The van der Waals surface area contributed by atoms with Gasteiger partial charge in [-0.1, -0.05) is 25.4 Å². The largest absolute Gasteiger partial charge is 0.356 e. The molecule has 3 rings (SSSR count). The number of halogens is 1. The van der Waals surface area contributed by atoms with Crippen molar-refractivity contribution in [3.63, 3.8) is 0 Å². The first-order chi connectivity index (χ1) is 10.0. The molecule has 3 nitrogen and oxygen atoms in total. The van der Waals surface area contributed by atoms with Crippen LogP contribution in [0.5, 0.6) is 0 Å². The van der Waals surface area contributed by atoms with Crippen molar-refractivity contribution in [2.45, 2.75) is 45.6 Å². The van der Waals surface area contributed by atoms with E-state index in [9.17, 15) is 4.79 Å². The Morgan fingerprint density at radius 2 is 2.29 bits per heavy atom. The van der Waals surface area contributed by atoms with Crippen LogP contribution in [0.3, 0.4) is 0 Å². The molecule has 1 amide bonds. The van der Waals surface area contributed by atoms with Gasteiger partial charge in [0.1, 0.15) is 0 Å². The number of hydrogen-bond acceptors (Lipinski definition) is 1. The van der Waals surface area contributed by atoms with Crippen LogP contribution < -0.4 is 5.32 Å². The highest BCUT2D eigenvalue weighted by atomic mass is 35.5. The van der Waals surface area contributed by atoms with Crippen LogP contribution in [-0.2, 0) is 11.2 Å². The maximum Gasteiger partial charge on any atom is 0.220 e. The van der Waals surface area contributed by atoms with E-state index in [1.54, 1.807) is 0 Å². The third-order valence-electron chi connectivity index (χ3n) is 4.10. The Morgan fingerprint density at radius 1 is 1.48 bits per heavy atom. The molecule has 0 spiro atoms. The molecular weight excluding hydrogens is 284 g/mol.